The molecular weight excluding hydrogens is 456 g/mol. The highest BCUT2D eigenvalue weighted by molar-refractivity contribution is 9.10. The van der Waals surface area contributed by atoms with Gasteiger partial charge in [0.25, 0.3) is 8.32 Å². The first-order chi connectivity index (χ1) is 13.4. The minimum absolute atomic E-state index is 0.162. The van der Waals surface area contributed by atoms with Crippen molar-refractivity contribution in [1.82, 2.24) is 0 Å². The van der Waals surface area contributed by atoms with E-state index >= 15 is 0 Å². The number of halogens is 1. The Hall–Kier alpha value is -0.523. The normalized spacial score (nSPS) is 21.1. The molecule has 2 atom stereocenters. The molecule has 1 unspecified atom stereocenters. The average molecular weight is 500 g/mol. The first-order valence-electron chi connectivity index (χ1n) is 11.3. The number of aliphatic hydroxyl groups excluding tert-OH is 1. The molecular formula is C25H43BrO3Si. The van der Waals surface area contributed by atoms with Gasteiger partial charge in [0, 0.05) is 9.89 Å². The average Bonchev–Trinajstić information content (AvgIpc) is 2.59. The van der Waals surface area contributed by atoms with Crippen LogP contribution in [0.15, 0.2) is 0 Å². The third kappa shape index (κ3) is 5.27. The van der Waals surface area contributed by atoms with Gasteiger partial charge in [-0.2, -0.15) is 0 Å². The molecule has 1 aliphatic heterocycles. The van der Waals surface area contributed by atoms with Gasteiger partial charge >= 0.3 is 0 Å². The predicted octanol–water partition coefficient (Wildman–Crippen LogP) is 7.39. The molecule has 0 radical (unpaired) electrons. The fraction of sp³-hybridized carbons (Fsp3) is 0.760. The molecule has 1 aliphatic rings. The molecule has 172 valence electrons. The SMILES string of the molecule is Cc1c(C)c2c(c(C)c1O[Si](C)(C)C(C)(C)C)CC[C@](C)(CCC(O)C(C)(C)Br)O2. The Morgan fingerprint density at radius 1 is 1.10 bits per heavy atom. The molecule has 0 saturated carbocycles. The van der Waals surface area contributed by atoms with Gasteiger partial charge in [-0.1, -0.05) is 36.7 Å². The molecule has 0 fully saturated rings. The lowest BCUT2D eigenvalue weighted by atomic mass is 9.84. The molecule has 5 heteroatoms. The summed E-state index contributed by atoms with van der Waals surface area (Å²) >= 11 is 3.59. The van der Waals surface area contributed by atoms with Gasteiger partial charge in [0.05, 0.1) is 6.10 Å². The summed E-state index contributed by atoms with van der Waals surface area (Å²) in [5, 5.41) is 10.6. The highest BCUT2D eigenvalue weighted by Crippen LogP contribution is 2.47. The number of hydrogen-bond acceptors (Lipinski definition) is 3. The summed E-state index contributed by atoms with van der Waals surface area (Å²) in [4.78, 5) is 0. The maximum Gasteiger partial charge on any atom is 0.250 e. The fourth-order valence-corrected chi connectivity index (χ4v) is 5.16. The van der Waals surface area contributed by atoms with E-state index in [9.17, 15) is 5.11 Å². The molecule has 1 N–H and O–H groups in total. The second-order valence-corrected chi connectivity index (χ2v) is 18.3. The quantitative estimate of drug-likeness (QED) is 0.328. The molecule has 0 saturated heterocycles. The van der Waals surface area contributed by atoms with Crippen molar-refractivity contribution in [2.24, 2.45) is 0 Å². The van der Waals surface area contributed by atoms with E-state index in [0.717, 1.165) is 30.8 Å². The highest BCUT2D eigenvalue weighted by Gasteiger charge is 2.41. The molecule has 1 heterocycles. The maximum absolute atomic E-state index is 10.5. The van der Waals surface area contributed by atoms with Crippen LogP contribution in [-0.2, 0) is 6.42 Å². The lowest BCUT2D eigenvalue weighted by Gasteiger charge is -2.41. The Bertz CT molecular complexity index is 789. The van der Waals surface area contributed by atoms with E-state index < -0.39 is 14.4 Å². The van der Waals surface area contributed by atoms with E-state index in [-0.39, 0.29) is 15.0 Å². The second-order valence-electron chi connectivity index (χ2n) is 11.5. The van der Waals surface area contributed by atoms with E-state index in [2.05, 4.69) is 77.5 Å². The number of ether oxygens (including phenoxy) is 1. The van der Waals surface area contributed by atoms with Crippen molar-refractivity contribution in [3.05, 3.63) is 22.3 Å². The monoisotopic (exact) mass is 498 g/mol. The van der Waals surface area contributed by atoms with Crippen LogP contribution >= 0.6 is 15.9 Å². The number of benzene rings is 1. The van der Waals surface area contributed by atoms with Crippen molar-refractivity contribution in [3.63, 3.8) is 0 Å². The lowest BCUT2D eigenvalue weighted by molar-refractivity contribution is 0.0319. The molecule has 3 nitrogen and oxygen atoms in total. The Morgan fingerprint density at radius 3 is 2.17 bits per heavy atom. The van der Waals surface area contributed by atoms with E-state index in [1.807, 2.05) is 13.8 Å². The van der Waals surface area contributed by atoms with Gasteiger partial charge in [-0.25, -0.2) is 0 Å². The van der Waals surface area contributed by atoms with Crippen molar-refractivity contribution in [2.75, 3.05) is 0 Å². The summed E-state index contributed by atoms with van der Waals surface area (Å²) < 4.78 is 13.2. The lowest BCUT2D eigenvalue weighted by Crippen LogP contribution is -2.44. The zero-order chi connectivity index (χ0) is 23.3. The van der Waals surface area contributed by atoms with Crippen molar-refractivity contribution in [1.29, 1.82) is 0 Å². The van der Waals surface area contributed by atoms with E-state index in [1.54, 1.807) is 0 Å². The van der Waals surface area contributed by atoms with Gasteiger partial charge in [0.15, 0.2) is 0 Å². The summed E-state index contributed by atoms with van der Waals surface area (Å²) in [6, 6.07) is 0. The van der Waals surface area contributed by atoms with Crippen LogP contribution in [0, 0.1) is 20.8 Å². The zero-order valence-electron chi connectivity index (χ0n) is 21.0. The van der Waals surface area contributed by atoms with Crippen LogP contribution in [-0.4, -0.2) is 29.5 Å². The Labute approximate surface area is 194 Å². The predicted molar refractivity (Wildman–Crippen MR) is 134 cm³/mol. The second kappa shape index (κ2) is 8.44. The topological polar surface area (TPSA) is 38.7 Å². The molecule has 30 heavy (non-hydrogen) atoms. The molecule has 0 spiro atoms. The molecule has 1 aromatic rings. The van der Waals surface area contributed by atoms with Crippen molar-refractivity contribution >= 4 is 24.2 Å². The number of aliphatic hydroxyl groups is 1. The molecule has 0 aliphatic carbocycles. The summed E-state index contributed by atoms with van der Waals surface area (Å²) in [5.41, 5.74) is 4.67. The summed E-state index contributed by atoms with van der Waals surface area (Å²) in [6.45, 7) is 24.2. The van der Waals surface area contributed by atoms with Gasteiger partial charge in [-0.3, -0.25) is 0 Å². The van der Waals surface area contributed by atoms with Crippen LogP contribution in [0.3, 0.4) is 0 Å². The van der Waals surface area contributed by atoms with Gasteiger partial charge < -0.3 is 14.3 Å². The number of rotatable bonds is 6. The zero-order valence-corrected chi connectivity index (χ0v) is 23.6. The fourth-order valence-electron chi connectivity index (χ4n) is 3.80. The third-order valence-electron chi connectivity index (χ3n) is 7.47. The third-order valence-corrected chi connectivity index (χ3v) is 12.3. The van der Waals surface area contributed by atoms with Crippen LogP contribution in [0.25, 0.3) is 0 Å². The highest BCUT2D eigenvalue weighted by atomic mass is 79.9. The van der Waals surface area contributed by atoms with E-state index in [1.165, 1.54) is 22.3 Å². The largest absolute Gasteiger partial charge is 0.543 e. The first kappa shape index (κ1) is 25.7. The Morgan fingerprint density at radius 2 is 1.67 bits per heavy atom. The minimum atomic E-state index is -1.92. The number of hydrogen-bond donors (Lipinski definition) is 1. The van der Waals surface area contributed by atoms with Crippen LogP contribution in [0.5, 0.6) is 11.5 Å². The molecule has 0 bridgehead atoms. The molecule has 1 aromatic carbocycles. The number of fused-ring (bicyclic) bond motifs is 1. The molecule has 2 rings (SSSR count). The maximum atomic E-state index is 10.5. The van der Waals surface area contributed by atoms with Crippen LogP contribution < -0.4 is 9.16 Å². The van der Waals surface area contributed by atoms with Crippen molar-refractivity contribution < 1.29 is 14.3 Å². The van der Waals surface area contributed by atoms with Crippen molar-refractivity contribution in [2.45, 2.75) is 122 Å². The Kier molecular flexibility index (Phi) is 7.24. The number of alkyl halides is 1. The van der Waals surface area contributed by atoms with Crippen LogP contribution in [0.2, 0.25) is 18.1 Å². The smallest absolute Gasteiger partial charge is 0.250 e. The minimum Gasteiger partial charge on any atom is -0.543 e. The van der Waals surface area contributed by atoms with Crippen molar-refractivity contribution in [3.8, 4) is 11.5 Å². The van der Waals surface area contributed by atoms with Gasteiger partial charge in [0.2, 0.25) is 0 Å². The van der Waals surface area contributed by atoms with E-state index in [0.29, 0.717) is 6.42 Å². The molecule has 0 amide bonds. The summed E-state index contributed by atoms with van der Waals surface area (Å²) in [5.74, 6) is 2.11. The van der Waals surface area contributed by atoms with Gasteiger partial charge in [-0.15, -0.1) is 0 Å². The summed E-state index contributed by atoms with van der Waals surface area (Å²) in [7, 11) is -1.92. The summed E-state index contributed by atoms with van der Waals surface area (Å²) in [6.07, 6.45) is 3.10. The van der Waals surface area contributed by atoms with Crippen LogP contribution in [0.1, 0.15) is 83.1 Å². The van der Waals surface area contributed by atoms with E-state index in [4.69, 9.17) is 9.16 Å². The Balaban J connectivity index is 2.34. The van der Waals surface area contributed by atoms with Crippen LogP contribution in [0.4, 0.5) is 0 Å². The standard InChI is InChI=1S/C25H43BrO3Si/c1-16-17(2)22-19(18(3)21(16)29-30(10,11)23(4,5)6)12-14-25(9,28-22)15-13-20(27)24(7,8)26/h20,27H,12-15H2,1-11H3/t20?,25-/m1/s1. The molecule has 0 aromatic heterocycles. The first-order valence-corrected chi connectivity index (χ1v) is 15.0. The van der Waals surface area contributed by atoms with Gasteiger partial charge in [-0.05, 0) is 102 Å². The van der Waals surface area contributed by atoms with Gasteiger partial charge in [0.1, 0.15) is 17.1 Å².